The number of halogens is 1. The van der Waals surface area contributed by atoms with Crippen LogP contribution in [0.3, 0.4) is 0 Å². The maximum Gasteiger partial charge on any atom is 0.162 e. The summed E-state index contributed by atoms with van der Waals surface area (Å²) in [5.74, 6) is 1.68. The molecule has 1 aliphatic carbocycles. The molecule has 2 aliphatic heterocycles. The van der Waals surface area contributed by atoms with Crippen molar-refractivity contribution in [1.29, 1.82) is 0 Å². The molecule has 2 heterocycles. The normalized spacial score (nSPS) is 21.4. The van der Waals surface area contributed by atoms with Crippen molar-refractivity contribution in [3.63, 3.8) is 0 Å². The highest BCUT2D eigenvalue weighted by Crippen LogP contribution is 2.51. The number of carbonyl (C=O) groups excluding carboxylic acids is 1. The lowest BCUT2D eigenvalue weighted by atomic mass is 9.69. The molecule has 3 aliphatic rings. The molecular weight excluding hydrogens is 466 g/mol. The van der Waals surface area contributed by atoms with Gasteiger partial charge in [0.05, 0.1) is 14.2 Å². The molecule has 0 unspecified atom stereocenters. The molecule has 0 spiro atoms. The summed E-state index contributed by atoms with van der Waals surface area (Å²) < 4.78 is 12.2. The van der Waals surface area contributed by atoms with Gasteiger partial charge in [-0.05, 0) is 53.7 Å². The average Bonchev–Trinajstić information content (AvgIpc) is 2.76. The first kappa shape index (κ1) is 21.3. The Kier molecular flexibility index (Phi) is 5.20. The van der Waals surface area contributed by atoms with Gasteiger partial charge in [-0.2, -0.15) is 0 Å². The van der Waals surface area contributed by atoms with E-state index in [0.717, 1.165) is 57.8 Å². The van der Waals surface area contributed by atoms with Crippen molar-refractivity contribution in [2.75, 3.05) is 20.8 Å². The van der Waals surface area contributed by atoms with Gasteiger partial charge in [0.15, 0.2) is 17.3 Å². The summed E-state index contributed by atoms with van der Waals surface area (Å²) in [6, 6.07) is 12.4. The predicted octanol–water partition coefficient (Wildman–Crippen LogP) is 6.11. The van der Waals surface area contributed by atoms with Gasteiger partial charge in [-0.15, -0.1) is 0 Å². The molecule has 0 radical (unpaired) electrons. The van der Waals surface area contributed by atoms with E-state index in [1.807, 2.05) is 12.1 Å². The number of Topliss-reactive ketones (excluding diaryl/α,β-unsaturated/α-hetero) is 1. The van der Waals surface area contributed by atoms with Gasteiger partial charge in [0, 0.05) is 45.9 Å². The van der Waals surface area contributed by atoms with Crippen LogP contribution in [0.25, 0.3) is 5.70 Å². The Morgan fingerprint density at radius 2 is 1.78 bits per heavy atom. The van der Waals surface area contributed by atoms with Gasteiger partial charge < -0.3 is 14.4 Å². The minimum atomic E-state index is -0.0746. The first-order chi connectivity index (χ1) is 15.3. The summed E-state index contributed by atoms with van der Waals surface area (Å²) in [6.07, 6.45) is 4.66. The second-order valence-electron chi connectivity index (χ2n) is 9.62. The number of nitrogens with zero attached hydrogens (tertiary/aromatic N) is 1. The SMILES string of the molecule is COc1cc2c(cc1OC)C1=C[C@@H](c3ccccc3Br)C3=C(CC(C)(C)CC3=O)N1CC2. The number of benzene rings is 2. The fourth-order valence-electron chi connectivity index (χ4n) is 5.43. The summed E-state index contributed by atoms with van der Waals surface area (Å²) in [6.45, 7) is 5.26. The van der Waals surface area contributed by atoms with E-state index in [1.54, 1.807) is 14.2 Å². The van der Waals surface area contributed by atoms with E-state index in [4.69, 9.17) is 9.47 Å². The molecule has 5 heteroatoms. The highest BCUT2D eigenvalue weighted by atomic mass is 79.9. The van der Waals surface area contributed by atoms with E-state index in [1.165, 1.54) is 11.3 Å². The minimum absolute atomic E-state index is 0.0469. The molecule has 2 aromatic rings. The van der Waals surface area contributed by atoms with Crippen LogP contribution < -0.4 is 9.47 Å². The Balaban J connectivity index is 1.73. The van der Waals surface area contributed by atoms with Gasteiger partial charge in [0.25, 0.3) is 0 Å². The van der Waals surface area contributed by atoms with Crippen molar-refractivity contribution >= 4 is 27.4 Å². The zero-order chi connectivity index (χ0) is 22.6. The number of allylic oxidation sites excluding steroid dienone is 3. The fourth-order valence-corrected chi connectivity index (χ4v) is 5.97. The maximum atomic E-state index is 13.5. The van der Waals surface area contributed by atoms with Crippen LogP contribution in [-0.4, -0.2) is 31.4 Å². The van der Waals surface area contributed by atoms with E-state index in [9.17, 15) is 4.79 Å². The number of methoxy groups -OCH3 is 2. The largest absolute Gasteiger partial charge is 0.493 e. The first-order valence-corrected chi connectivity index (χ1v) is 11.9. The molecule has 0 fully saturated rings. The van der Waals surface area contributed by atoms with Crippen LogP contribution in [-0.2, 0) is 11.2 Å². The molecule has 0 aromatic heterocycles. The van der Waals surface area contributed by atoms with Gasteiger partial charge in [0.2, 0.25) is 0 Å². The van der Waals surface area contributed by atoms with Crippen molar-refractivity contribution in [2.24, 2.45) is 5.41 Å². The van der Waals surface area contributed by atoms with Crippen LogP contribution >= 0.6 is 15.9 Å². The van der Waals surface area contributed by atoms with E-state index in [0.29, 0.717) is 6.42 Å². The lowest BCUT2D eigenvalue weighted by Crippen LogP contribution is -2.40. The average molecular weight is 494 g/mol. The van der Waals surface area contributed by atoms with Crippen molar-refractivity contribution < 1.29 is 14.3 Å². The molecule has 166 valence electrons. The number of ether oxygens (including phenoxy) is 2. The van der Waals surface area contributed by atoms with Crippen LogP contribution in [0.1, 0.15) is 49.3 Å². The van der Waals surface area contributed by atoms with Crippen LogP contribution in [0.15, 0.2) is 58.2 Å². The molecule has 0 saturated heterocycles. The molecule has 0 saturated carbocycles. The Bertz CT molecular complexity index is 1180. The van der Waals surface area contributed by atoms with Gasteiger partial charge in [-0.3, -0.25) is 4.79 Å². The maximum absolute atomic E-state index is 13.5. The quantitative estimate of drug-likeness (QED) is 0.517. The second kappa shape index (κ2) is 7.80. The number of fused-ring (bicyclic) bond motifs is 4. The molecule has 2 aromatic carbocycles. The van der Waals surface area contributed by atoms with Crippen LogP contribution in [0.2, 0.25) is 0 Å². The molecule has 1 atom stereocenters. The van der Waals surface area contributed by atoms with Crippen LogP contribution in [0.4, 0.5) is 0 Å². The zero-order valence-corrected chi connectivity index (χ0v) is 20.6. The molecule has 0 amide bonds. The topological polar surface area (TPSA) is 38.8 Å². The van der Waals surface area contributed by atoms with E-state index in [-0.39, 0.29) is 17.1 Å². The van der Waals surface area contributed by atoms with Gasteiger partial charge in [0.1, 0.15) is 0 Å². The Morgan fingerprint density at radius 1 is 1.06 bits per heavy atom. The summed E-state index contributed by atoms with van der Waals surface area (Å²) >= 11 is 3.74. The lowest BCUT2D eigenvalue weighted by molar-refractivity contribution is -0.118. The molecule has 32 heavy (non-hydrogen) atoms. The Morgan fingerprint density at radius 3 is 2.50 bits per heavy atom. The minimum Gasteiger partial charge on any atom is -0.493 e. The molecule has 0 N–H and O–H groups in total. The zero-order valence-electron chi connectivity index (χ0n) is 19.0. The Hall–Kier alpha value is -2.53. The molecule has 4 nitrogen and oxygen atoms in total. The van der Waals surface area contributed by atoms with Gasteiger partial charge in [-0.25, -0.2) is 0 Å². The standard InChI is InChI=1S/C27H28BrNO3/c1-27(2)14-22-26(23(30)15-27)19(17-7-5-6-8-20(17)28)12-21-18-13-25(32-4)24(31-3)11-16(18)9-10-29(21)22/h5-8,11-13,19H,9-10,14-15H2,1-4H3/t19-/m0/s1. The summed E-state index contributed by atoms with van der Waals surface area (Å²) in [5, 5.41) is 0. The second-order valence-corrected chi connectivity index (χ2v) is 10.5. The monoisotopic (exact) mass is 493 g/mol. The molecule has 5 rings (SSSR count). The number of ketones is 1. The van der Waals surface area contributed by atoms with Crippen molar-refractivity contribution in [3.05, 3.63) is 74.9 Å². The fraction of sp³-hybridized carbons (Fsp3) is 0.370. The summed E-state index contributed by atoms with van der Waals surface area (Å²) in [4.78, 5) is 15.9. The van der Waals surface area contributed by atoms with Crippen molar-refractivity contribution in [2.45, 2.75) is 39.0 Å². The summed E-state index contributed by atoms with van der Waals surface area (Å²) in [5.41, 5.74) is 6.81. The van der Waals surface area contributed by atoms with Gasteiger partial charge >= 0.3 is 0 Å². The molecular formula is C27H28BrNO3. The van der Waals surface area contributed by atoms with E-state index in [2.05, 4.69) is 65.0 Å². The lowest BCUT2D eigenvalue weighted by Gasteiger charge is -2.46. The number of hydrogen-bond acceptors (Lipinski definition) is 4. The third kappa shape index (κ3) is 3.38. The van der Waals surface area contributed by atoms with Crippen molar-refractivity contribution in [1.82, 2.24) is 4.90 Å². The number of rotatable bonds is 3. The number of hydrogen-bond donors (Lipinski definition) is 0. The van der Waals surface area contributed by atoms with E-state index < -0.39 is 0 Å². The van der Waals surface area contributed by atoms with Gasteiger partial charge in [-0.1, -0.05) is 48.0 Å². The highest BCUT2D eigenvalue weighted by Gasteiger charge is 2.43. The Labute approximate surface area is 198 Å². The highest BCUT2D eigenvalue weighted by molar-refractivity contribution is 9.10. The third-order valence-corrected chi connectivity index (χ3v) is 7.60. The van der Waals surface area contributed by atoms with Crippen LogP contribution in [0.5, 0.6) is 11.5 Å². The third-order valence-electron chi connectivity index (χ3n) is 6.88. The smallest absolute Gasteiger partial charge is 0.162 e. The predicted molar refractivity (Wildman–Crippen MR) is 130 cm³/mol. The summed E-state index contributed by atoms with van der Waals surface area (Å²) in [7, 11) is 3.35. The molecule has 0 bridgehead atoms. The number of carbonyl (C=O) groups is 1. The van der Waals surface area contributed by atoms with Crippen LogP contribution in [0, 0.1) is 5.41 Å². The first-order valence-electron chi connectivity index (χ1n) is 11.1. The van der Waals surface area contributed by atoms with E-state index >= 15 is 0 Å². The van der Waals surface area contributed by atoms with Crippen molar-refractivity contribution in [3.8, 4) is 11.5 Å².